The molecule has 0 aromatic heterocycles. The molecule has 1 saturated heterocycles. The van der Waals surface area contributed by atoms with Gasteiger partial charge in [0.1, 0.15) is 0 Å². The van der Waals surface area contributed by atoms with E-state index < -0.39 is 0 Å². The highest BCUT2D eigenvalue weighted by atomic mass is 14.9. The Morgan fingerprint density at radius 2 is 1.81 bits per heavy atom. The van der Waals surface area contributed by atoms with Gasteiger partial charge in [0.05, 0.1) is 0 Å². The molecular weight excluding hydrogens is 194 g/mol. The van der Waals surface area contributed by atoms with Crippen molar-refractivity contribution >= 4 is 0 Å². The van der Waals surface area contributed by atoms with Crippen LogP contribution in [0.2, 0.25) is 0 Å². The molecule has 3 fully saturated rings. The van der Waals surface area contributed by atoms with E-state index in [-0.39, 0.29) is 0 Å². The molecule has 92 valence electrons. The minimum Gasteiger partial charge on any atom is -0.316 e. The van der Waals surface area contributed by atoms with Gasteiger partial charge in [-0.2, -0.15) is 0 Å². The number of hydrogen-bond donors (Lipinski definition) is 1. The lowest BCUT2D eigenvalue weighted by Crippen LogP contribution is -2.30. The number of nitrogens with one attached hydrogen (secondary N) is 1. The van der Waals surface area contributed by atoms with E-state index in [1.807, 2.05) is 0 Å². The van der Waals surface area contributed by atoms with Crippen molar-refractivity contribution in [2.45, 2.75) is 57.8 Å². The van der Waals surface area contributed by atoms with Gasteiger partial charge in [-0.25, -0.2) is 0 Å². The molecule has 3 atom stereocenters. The number of hydrogen-bond acceptors (Lipinski definition) is 1. The predicted molar refractivity (Wildman–Crippen MR) is 68.4 cm³/mol. The predicted octanol–water partition coefficient (Wildman–Crippen LogP) is 3.59. The summed E-state index contributed by atoms with van der Waals surface area (Å²) in [5.74, 6) is 4.27. The third-order valence-corrected chi connectivity index (χ3v) is 5.50. The lowest BCUT2D eigenvalue weighted by molar-refractivity contribution is 0.163. The molecule has 2 bridgehead atoms. The summed E-state index contributed by atoms with van der Waals surface area (Å²) in [6, 6.07) is 0. The lowest BCUT2D eigenvalue weighted by Gasteiger charge is -2.35. The molecule has 3 aliphatic rings. The largest absolute Gasteiger partial charge is 0.316 e. The second-order valence-corrected chi connectivity index (χ2v) is 6.58. The van der Waals surface area contributed by atoms with Gasteiger partial charge < -0.3 is 5.32 Å². The topological polar surface area (TPSA) is 12.0 Å². The van der Waals surface area contributed by atoms with Gasteiger partial charge in [0.15, 0.2) is 0 Å². The van der Waals surface area contributed by atoms with Gasteiger partial charge in [0.2, 0.25) is 0 Å². The molecular formula is C15H27N. The first-order chi connectivity index (χ1) is 7.92. The van der Waals surface area contributed by atoms with E-state index in [0.717, 1.165) is 23.7 Å². The molecule has 0 aromatic rings. The molecule has 0 radical (unpaired) electrons. The Kier molecular flexibility index (Phi) is 3.51. The fourth-order valence-electron chi connectivity index (χ4n) is 4.51. The Morgan fingerprint density at radius 1 is 0.938 bits per heavy atom. The van der Waals surface area contributed by atoms with E-state index in [4.69, 9.17) is 0 Å². The zero-order chi connectivity index (χ0) is 10.8. The average molecular weight is 221 g/mol. The summed E-state index contributed by atoms with van der Waals surface area (Å²) in [6.07, 6.45) is 13.8. The molecule has 2 aliphatic carbocycles. The highest BCUT2D eigenvalue weighted by molar-refractivity contribution is 4.86. The number of rotatable bonds is 2. The molecule has 1 unspecified atom stereocenters. The van der Waals surface area contributed by atoms with Gasteiger partial charge in [-0.1, -0.05) is 32.1 Å². The van der Waals surface area contributed by atoms with Gasteiger partial charge in [-0.15, -0.1) is 0 Å². The van der Waals surface area contributed by atoms with Crippen LogP contribution in [0.1, 0.15) is 57.8 Å². The monoisotopic (exact) mass is 221 g/mol. The minimum atomic E-state index is 1.03. The Labute approximate surface area is 100 Å². The smallest absolute Gasteiger partial charge is 0.00178 e. The molecule has 16 heavy (non-hydrogen) atoms. The van der Waals surface area contributed by atoms with Gasteiger partial charge in [0.25, 0.3) is 0 Å². The third-order valence-electron chi connectivity index (χ3n) is 5.50. The molecule has 1 aliphatic heterocycles. The van der Waals surface area contributed by atoms with Gasteiger partial charge >= 0.3 is 0 Å². The summed E-state index contributed by atoms with van der Waals surface area (Å²) in [4.78, 5) is 0. The van der Waals surface area contributed by atoms with E-state index >= 15 is 0 Å². The summed E-state index contributed by atoms with van der Waals surface area (Å²) in [5.41, 5.74) is 0. The van der Waals surface area contributed by atoms with E-state index in [9.17, 15) is 0 Å². The standard InChI is InChI=1S/C15H27N/c1-2-4-12(3-1)9-14-6-5-13-7-8-16-11-15(14)10-13/h12-16H,1-11H2/t13?,14-,15+/m1/s1. The van der Waals surface area contributed by atoms with Crippen molar-refractivity contribution in [2.24, 2.45) is 23.7 Å². The molecule has 0 aromatic carbocycles. The molecule has 0 amide bonds. The zero-order valence-corrected chi connectivity index (χ0v) is 10.6. The van der Waals surface area contributed by atoms with Crippen molar-refractivity contribution < 1.29 is 0 Å². The first-order valence-corrected chi connectivity index (χ1v) is 7.62. The molecule has 1 heteroatoms. The van der Waals surface area contributed by atoms with E-state index in [2.05, 4.69) is 5.32 Å². The van der Waals surface area contributed by atoms with Crippen molar-refractivity contribution in [3.63, 3.8) is 0 Å². The van der Waals surface area contributed by atoms with Crippen LogP contribution in [0.4, 0.5) is 0 Å². The highest BCUT2D eigenvalue weighted by Crippen LogP contribution is 2.42. The molecule has 1 nitrogen and oxygen atoms in total. The third kappa shape index (κ3) is 2.45. The van der Waals surface area contributed by atoms with Gasteiger partial charge in [0, 0.05) is 0 Å². The normalized spacial score (nSPS) is 40.9. The number of fused-ring (bicyclic) bond motifs is 2. The van der Waals surface area contributed by atoms with Crippen LogP contribution in [-0.4, -0.2) is 13.1 Å². The first-order valence-electron chi connectivity index (χ1n) is 7.62. The second kappa shape index (κ2) is 5.08. The summed E-state index contributed by atoms with van der Waals surface area (Å²) >= 11 is 0. The summed E-state index contributed by atoms with van der Waals surface area (Å²) in [6.45, 7) is 2.62. The maximum Gasteiger partial charge on any atom is -0.00178 e. The summed E-state index contributed by atoms with van der Waals surface area (Å²) < 4.78 is 0. The van der Waals surface area contributed by atoms with Crippen LogP contribution in [0, 0.1) is 23.7 Å². The Bertz CT molecular complexity index is 219. The van der Waals surface area contributed by atoms with Crippen LogP contribution in [0.25, 0.3) is 0 Å². The minimum absolute atomic E-state index is 1.03. The quantitative estimate of drug-likeness (QED) is 0.751. The molecule has 2 saturated carbocycles. The SMILES string of the molecule is C1CCC(C[C@H]2CCC3CCNC[C@@H]2C3)C1. The molecule has 0 spiro atoms. The van der Waals surface area contributed by atoms with Crippen LogP contribution in [-0.2, 0) is 0 Å². The molecule has 1 heterocycles. The lowest BCUT2D eigenvalue weighted by atomic mass is 9.70. The zero-order valence-electron chi connectivity index (χ0n) is 10.6. The summed E-state index contributed by atoms with van der Waals surface area (Å²) in [5, 5.41) is 3.67. The summed E-state index contributed by atoms with van der Waals surface area (Å²) in [7, 11) is 0. The Morgan fingerprint density at radius 3 is 2.69 bits per heavy atom. The Hall–Kier alpha value is -0.0400. The highest BCUT2D eigenvalue weighted by Gasteiger charge is 2.33. The Balaban J connectivity index is 1.57. The fraction of sp³-hybridized carbons (Fsp3) is 1.00. The van der Waals surface area contributed by atoms with Gasteiger partial charge in [-0.05, 0) is 62.4 Å². The average Bonchev–Trinajstić information content (AvgIpc) is 2.72. The maximum absolute atomic E-state index is 3.67. The maximum atomic E-state index is 3.67. The van der Waals surface area contributed by atoms with Crippen LogP contribution in [0.15, 0.2) is 0 Å². The van der Waals surface area contributed by atoms with E-state index in [0.29, 0.717) is 0 Å². The van der Waals surface area contributed by atoms with Crippen LogP contribution >= 0.6 is 0 Å². The van der Waals surface area contributed by atoms with E-state index in [1.165, 1.54) is 38.8 Å². The fourth-order valence-corrected chi connectivity index (χ4v) is 4.51. The second-order valence-electron chi connectivity index (χ2n) is 6.58. The van der Waals surface area contributed by atoms with E-state index in [1.54, 1.807) is 32.1 Å². The molecule has 3 rings (SSSR count). The van der Waals surface area contributed by atoms with Crippen molar-refractivity contribution in [2.75, 3.05) is 13.1 Å². The van der Waals surface area contributed by atoms with Crippen molar-refractivity contribution in [3.8, 4) is 0 Å². The molecule has 1 N–H and O–H groups in total. The van der Waals surface area contributed by atoms with Crippen LogP contribution in [0.3, 0.4) is 0 Å². The van der Waals surface area contributed by atoms with Gasteiger partial charge in [-0.3, -0.25) is 0 Å². The van der Waals surface area contributed by atoms with Crippen molar-refractivity contribution in [1.82, 2.24) is 5.32 Å². The first kappa shape index (κ1) is 11.1. The van der Waals surface area contributed by atoms with Crippen LogP contribution in [0.5, 0.6) is 0 Å². The van der Waals surface area contributed by atoms with Crippen molar-refractivity contribution in [1.29, 1.82) is 0 Å². The van der Waals surface area contributed by atoms with Crippen LogP contribution < -0.4 is 5.32 Å². The van der Waals surface area contributed by atoms with Crippen molar-refractivity contribution in [3.05, 3.63) is 0 Å².